The van der Waals surface area contributed by atoms with E-state index in [1.807, 2.05) is 0 Å². The monoisotopic (exact) mass is 282 g/mol. The van der Waals surface area contributed by atoms with Crippen molar-refractivity contribution in [3.05, 3.63) is 0 Å². The van der Waals surface area contributed by atoms with Gasteiger partial charge in [0.25, 0.3) is 0 Å². The molecule has 1 amide bonds. The van der Waals surface area contributed by atoms with Crippen LogP contribution in [0.25, 0.3) is 0 Å². The predicted molar refractivity (Wildman–Crippen MR) is 81.7 cm³/mol. The Hall–Kier alpha value is -0.640. The molecule has 0 aromatic rings. The zero-order chi connectivity index (χ0) is 14.0. The van der Waals surface area contributed by atoms with E-state index in [0.29, 0.717) is 10.9 Å². The van der Waals surface area contributed by atoms with Gasteiger partial charge in [0.15, 0.2) is 0 Å². The fraction of sp³-hybridized carbons (Fsp3) is 0.867. The van der Waals surface area contributed by atoms with E-state index >= 15 is 0 Å². The number of nitrogens with one attached hydrogen (secondary N) is 1. The van der Waals surface area contributed by atoms with Gasteiger partial charge in [-0.05, 0) is 50.4 Å². The van der Waals surface area contributed by atoms with E-state index in [0.717, 1.165) is 24.7 Å². The van der Waals surface area contributed by atoms with E-state index in [9.17, 15) is 4.79 Å². The van der Waals surface area contributed by atoms with Crippen molar-refractivity contribution < 1.29 is 4.79 Å². The number of rotatable bonds is 6. The summed E-state index contributed by atoms with van der Waals surface area (Å²) in [6, 6.07) is 0.261. The highest BCUT2D eigenvalue weighted by atomic mass is 32.1. The number of amides is 1. The molecule has 108 valence electrons. The summed E-state index contributed by atoms with van der Waals surface area (Å²) in [5.74, 6) is 2.15. The van der Waals surface area contributed by atoms with Crippen molar-refractivity contribution in [2.45, 2.75) is 58.4 Å². The molecule has 2 bridgehead atoms. The van der Waals surface area contributed by atoms with E-state index in [2.05, 4.69) is 19.2 Å². The molecule has 3 nitrogen and oxygen atoms in total. The molecule has 0 aromatic heterocycles. The van der Waals surface area contributed by atoms with Gasteiger partial charge in [0.2, 0.25) is 5.91 Å². The van der Waals surface area contributed by atoms with E-state index < -0.39 is 0 Å². The topological polar surface area (TPSA) is 55.1 Å². The van der Waals surface area contributed by atoms with E-state index in [1.165, 1.54) is 25.7 Å². The van der Waals surface area contributed by atoms with E-state index in [-0.39, 0.29) is 17.9 Å². The Morgan fingerprint density at radius 1 is 1.42 bits per heavy atom. The van der Waals surface area contributed by atoms with Crippen LogP contribution in [0.5, 0.6) is 0 Å². The lowest BCUT2D eigenvalue weighted by Crippen LogP contribution is -2.45. The average Bonchev–Trinajstić information content (AvgIpc) is 2.97. The lowest BCUT2D eigenvalue weighted by atomic mass is 9.83. The van der Waals surface area contributed by atoms with Gasteiger partial charge >= 0.3 is 0 Å². The van der Waals surface area contributed by atoms with Gasteiger partial charge in [0.05, 0.1) is 10.9 Å². The van der Waals surface area contributed by atoms with Crippen LogP contribution in [-0.2, 0) is 4.79 Å². The summed E-state index contributed by atoms with van der Waals surface area (Å²) in [4.78, 5) is 12.6. The molecule has 2 fully saturated rings. The molecule has 5 unspecified atom stereocenters. The van der Waals surface area contributed by atoms with Crippen molar-refractivity contribution in [1.29, 1.82) is 0 Å². The number of carbonyl (C=O) groups excluding carboxylic acids is 1. The Balaban J connectivity index is 1.89. The summed E-state index contributed by atoms with van der Waals surface area (Å²) >= 11 is 5.02. The number of thiocarbonyl (C=S) groups is 1. The van der Waals surface area contributed by atoms with Crippen molar-refractivity contribution in [2.75, 3.05) is 0 Å². The first-order valence-electron chi connectivity index (χ1n) is 7.62. The fourth-order valence-electron chi connectivity index (χ4n) is 4.03. The summed E-state index contributed by atoms with van der Waals surface area (Å²) in [7, 11) is 0. The SMILES string of the molecule is CCCC(C(=O)NC(C)C1CC2CCC1C2)C(N)=S. The van der Waals surface area contributed by atoms with Crippen LogP contribution in [0.1, 0.15) is 52.4 Å². The van der Waals surface area contributed by atoms with Crippen molar-refractivity contribution >= 4 is 23.1 Å². The number of fused-ring (bicyclic) bond motifs is 2. The van der Waals surface area contributed by atoms with Crippen molar-refractivity contribution in [1.82, 2.24) is 5.32 Å². The van der Waals surface area contributed by atoms with Gasteiger partial charge in [-0.3, -0.25) is 4.79 Å². The molecule has 2 aliphatic carbocycles. The molecule has 0 saturated heterocycles. The number of hydrogen-bond donors (Lipinski definition) is 2. The molecule has 0 heterocycles. The highest BCUT2D eigenvalue weighted by molar-refractivity contribution is 7.80. The van der Waals surface area contributed by atoms with Gasteiger partial charge in [-0.25, -0.2) is 0 Å². The highest BCUT2D eigenvalue weighted by Crippen LogP contribution is 2.49. The predicted octanol–water partition coefficient (Wildman–Crippen LogP) is 2.63. The molecule has 2 saturated carbocycles. The Morgan fingerprint density at radius 2 is 2.16 bits per heavy atom. The summed E-state index contributed by atoms with van der Waals surface area (Å²) in [6.45, 7) is 4.20. The van der Waals surface area contributed by atoms with Gasteiger partial charge in [0, 0.05) is 6.04 Å². The van der Waals surface area contributed by atoms with Crippen molar-refractivity contribution in [3.63, 3.8) is 0 Å². The van der Waals surface area contributed by atoms with E-state index in [1.54, 1.807) is 0 Å². The molecule has 3 N–H and O–H groups in total. The molecule has 0 spiro atoms. The van der Waals surface area contributed by atoms with Crippen LogP contribution in [0.4, 0.5) is 0 Å². The summed E-state index contributed by atoms with van der Waals surface area (Å²) in [5, 5.41) is 3.17. The zero-order valence-corrected chi connectivity index (χ0v) is 12.8. The molecule has 5 atom stereocenters. The molecular weight excluding hydrogens is 256 g/mol. The molecule has 0 aromatic carbocycles. The molecule has 4 heteroatoms. The normalized spacial score (nSPS) is 32.0. The average molecular weight is 282 g/mol. The Morgan fingerprint density at radius 3 is 2.63 bits per heavy atom. The maximum absolute atomic E-state index is 12.3. The highest BCUT2D eigenvalue weighted by Gasteiger charge is 2.42. The third-order valence-electron chi connectivity index (χ3n) is 5.04. The lowest BCUT2D eigenvalue weighted by molar-refractivity contribution is -0.124. The van der Waals surface area contributed by atoms with E-state index in [4.69, 9.17) is 18.0 Å². The van der Waals surface area contributed by atoms with Crippen LogP contribution >= 0.6 is 12.2 Å². The first-order valence-corrected chi connectivity index (χ1v) is 8.03. The molecular formula is C15H26N2OS. The summed E-state index contributed by atoms with van der Waals surface area (Å²) in [5.41, 5.74) is 5.68. The number of carbonyl (C=O) groups is 1. The maximum Gasteiger partial charge on any atom is 0.230 e. The molecule has 2 aliphatic rings. The molecule has 2 rings (SSSR count). The zero-order valence-electron chi connectivity index (χ0n) is 12.0. The van der Waals surface area contributed by atoms with Crippen LogP contribution in [0.2, 0.25) is 0 Å². The van der Waals surface area contributed by atoms with Crippen LogP contribution in [0.3, 0.4) is 0 Å². The van der Waals surface area contributed by atoms with Crippen molar-refractivity contribution in [2.24, 2.45) is 29.4 Å². The first-order chi connectivity index (χ1) is 9.02. The molecule has 19 heavy (non-hydrogen) atoms. The van der Waals surface area contributed by atoms with Crippen molar-refractivity contribution in [3.8, 4) is 0 Å². The number of hydrogen-bond acceptors (Lipinski definition) is 2. The second-order valence-corrected chi connectivity index (χ2v) is 6.85. The lowest BCUT2D eigenvalue weighted by Gasteiger charge is -2.29. The minimum atomic E-state index is -0.291. The molecule has 0 radical (unpaired) electrons. The Kier molecular flexibility index (Phi) is 4.82. The Bertz CT molecular complexity index is 358. The van der Waals surface area contributed by atoms with Crippen LogP contribution < -0.4 is 11.1 Å². The van der Waals surface area contributed by atoms with Gasteiger partial charge < -0.3 is 11.1 Å². The summed E-state index contributed by atoms with van der Waals surface area (Å²) < 4.78 is 0. The Labute approximate surface area is 121 Å². The summed E-state index contributed by atoms with van der Waals surface area (Å²) in [6.07, 6.45) is 7.09. The second-order valence-electron chi connectivity index (χ2n) is 6.38. The van der Waals surface area contributed by atoms with Crippen LogP contribution in [0.15, 0.2) is 0 Å². The fourth-order valence-corrected chi connectivity index (χ4v) is 4.25. The quantitative estimate of drug-likeness (QED) is 0.736. The first kappa shape index (κ1) is 14.8. The van der Waals surface area contributed by atoms with Gasteiger partial charge in [-0.15, -0.1) is 0 Å². The minimum absolute atomic E-state index is 0.0321. The third-order valence-corrected chi connectivity index (χ3v) is 5.33. The van der Waals surface area contributed by atoms with Gasteiger partial charge in [-0.2, -0.15) is 0 Å². The maximum atomic E-state index is 12.3. The molecule has 0 aliphatic heterocycles. The smallest absolute Gasteiger partial charge is 0.230 e. The van der Waals surface area contributed by atoms with Gasteiger partial charge in [-0.1, -0.05) is 32.0 Å². The van der Waals surface area contributed by atoms with Gasteiger partial charge in [0.1, 0.15) is 0 Å². The van der Waals surface area contributed by atoms with Crippen LogP contribution in [0, 0.1) is 23.7 Å². The van der Waals surface area contributed by atoms with Crippen LogP contribution in [-0.4, -0.2) is 16.9 Å². The number of nitrogens with two attached hydrogens (primary N) is 1. The third kappa shape index (κ3) is 3.28. The second kappa shape index (κ2) is 6.21. The standard InChI is InChI=1S/C15H26N2OS/c1-3-4-12(14(16)19)15(18)17-9(2)13-8-10-5-6-11(13)7-10/h9-13H,3-8H2,1-2H3,(H2,16,19)(H,17,18). The minimum Gasteiger partial charge on any atom is -0.393 e. The largest absolute Gasteiger partial charge is 0.393 e.